The lowest BCUT2D eigenvalue weighted by Gasteiger charge is -2.38. The molecular weight excluding hydrogens is 484 g/mol. The zero-order valence-corrected chi connectivity index (χ0v) is 19.5. The minimum absolute atomic E-state index is 0.00575. The van der Waals surface area contributed by atoms with Gasteiger partial charge >= 0.3 is 12.2 Å². The summed E-state index contributed by atoms with van der Waals surface area (Å²) in [6, 6.07) is 9.60. The number of amides is 2. The summed E-state index contributed by atoms with van der Waals surface area (Å²) in [5.74, 6) is 0.326. The van der Waals surface area contributed by atoms with E-state index in [0.717, 1.165) is 15.9 Å². The molecule has 0 spiro atoms. The number of piperazine rings is 1. The van der Waals surface area contributed by atoms with Gasteiger partial charge in [0.2, 0.25) is 10.0 Å². The largest absolute Gasteiger partial charge is 0.496 e. The number of nitro groups is 1. The van der Waals surface area contributed by atoms with E-state index in [1.807, 2.05) is 0 Å². The molecule has 0 bridgehead atoms. The number of nitrogens with one attached hydrogen (secondary N) is 1. The third-order valence-electron chi connectivity index (χ3n) is 5.64. The van der Waals surface area contributed by atoms with E-state index in [0.29, 0.717) is 11.3 Å². The number of hydrogen-bond donors (Lipinski definition) is 3. The quantitative estimate of drug-likeness (QED) is 0.356. The number of benzene rings is 2. The van der Waals surface area contributed by atoms with Crippen LogP contribution in [0.4, 0.5) is 15.3 Å². The molecule has 3 N–H and O–H groups in total. The fraction of sp³-hybridized carbons (Fsp3) is 0.333. The smallest absolute Gasteiger partial charge is 0.407 e. The van der Waals surface area contributed by atoms with Crippen LogP contribution in [0.1, 0.15) is 6.42 Å². The van der Waals surface area contributed by atoms with Gasteiger partial charge in [0, 0.05) is 31.7 Å². The summed E-state index contributed by atoms with van der Waals surface area (Å²) >= 11 is 0. The van der Waals surface area contributed by atoms with Gasteiger partial charge < -0.3 is 24.7 Å². The van der Waals surface area contributed by atoms with Gasteiger partial charge in [-0.2, -0.15) is 0 Å². The molecule has 2 amide bonds. The third-order valence-corrected chi connectivity index (χ3v) is 7.13. The van der Waals surface area contributed by atoms with Gasteiger partial charge in [0.05, 0.1) is 23.6 Å². The Morgan fingerprint density at radius 3 is 2.43 bits per heavy atom. The molecule has 1 aliphatic rings. The van der Waals surface area contributed by atoms with E-state index >= 15 is 0 Å². The highest BCUT2D eigenvalue weighted by atomic mass is 32.2. The number of nitro benzene ring substituents is 1. The predicted octanol–water partition coefficient (Wildman–Crippen LogP) is 2.28. The molecule has 1 heterocycles. The molecule has 14 heteroatoms. The van der Waals surface area contributed by atoms with Crippen LogP contribution in [0.15, 0.2) is 47.4 Å². The van der Waals surface area contributed by atoms with E-state index in [2.05, 4.69) is 4.72 Å². The first-order chi connectivity index (χ1) is 16.6. The average Bonchev–Trinajstić information content (AvgIpc) is 2.83. The molecule has 1 aliphatic heterocycles. The predicted molar refractivity (Wildman–Crippen MR) is 123 cm³/mol. The Morgan fingerprint density at radius 1 is 1.11 bits per heavy atom. The van der Waals surface area contributed by atoms with Gasteiger partial charge in [0.1, 0.15) is 5.75 Å². The summed E-state index contributed by atoms with van der Waals surface area (Å²) in [6.45, 7) is -0.426. The summed E-state index contributed by atoms with van der Waals surface area (Å²) in [7, 11) is -2.99. The highest BCUT2D eigenvalue weighted by Crippen LogP contribution is 2.39. The normalized spacial score (nSPS) is 16.1. The Bertz CT molecular complexity index is 1240. The van der Waals surface area contributed by atoms with Crippen molar-refractivity contribution in [3.05, 3.63) is 52.6 Å². The van der Waals surface area contributed by atoms with E-state index in [1.54, 1.807) is 24.3 Å². The minimum atomic E-state index is -4.38. The van der Waals surface area contributed by atoms with Crippen molar-refractivity contribution in [3.63, 3.8) is 0 Å². The zero-order valence-electron chi connectivity index (χ0n) is 18.7. The maximum Gasteiger partial charge on any atom is 0.407 e. The van der Waals surface area contributed by atoms with Crippen molar-refractivity contribution < 1.29 is 37.9 Å². The van der Waals surface area contributed by atoms with Crippen LogP contribution in [-0.2, 0) is 10.0 Å². The molecule has 3 rings (SSSR count). The van der Waals surface area contributed by atoms with Gasteiger partial charge in [-0.15, -0.1) is 0 Å². The maximum absolute atomic E-state index is 13.0. The summed E-state index contributed by atoms with van der Waals surface area (Å²) < 4.78 is 33.6. The van der Waals surface area contributed by atoms with Crippen LogP contribution in [0.5, 0.6) is 5.75 Å². The first kappa shape index (κ1) is 25.7. The molecule has 0 radical (unpaired) electrons. The van der Waals surface area contributed by atoms with E-state index in [1.165, 1.54) is 19.2 Å². The topological polar surface area (TPSA) is 180 Å². The maximum atomic E-state index is 13.0. The van der Waals surface area contributed by atoms with E-state index in [-0.39, 0.29) is 38.2 Å². The van der Waals surface area contributed by atoms with Crippen molar-refractivity contribution in [2.24, 2.45) is 0 Å². The van der Waals surface area contributed by atoms with Gasteiger partial charge in [0.15, 0.2) is 4.90 Å². The monoisotopic (exact) mass is 508 g/mol. The molecule has 2 aromatic carbocycles. The fourth-order valence-corrected chi connectivity index (χ4v) is 5.22. The lowest BCUT2D eigenvalue weighted by Crippen LogP contribution is -2.56. The number of rotatable bonds is 8. The van der Waals surface area contributed by atoms with Crippen LogP contribution in [0.3, 0.4) is 0 Å². The van der Waals surface area contributed by atoms with E-state index in [9.17, 15) is 38.3 Å². The number of sulfonamides is 1. The molecule has 0 aliphatic carbocycles. The second-order valence-corrected chi connectivity index (χ2v) is 9.39. The summed E-state index contributed by atoms with van der Waals surface area (Å²) in [5, 5.41) is 30.5. The summed E-state index contributed by atoms with van der Waals surface area (Å²) in [4.78, 5) is 35.5. The second-order valence-electron chi connectivity index (χ2n) is 7.65. The first-order valence-electron chi connectivity index (χ1n) is 10.4. The Labute approximate surface area is 200 Å². The molecule has 35 heavy (non-hydrogen) atoms. The highest BCUT2D eigenvalue weighted by Gasteiger charge is 2.34. The zero-order chi connectivity index (χ0) is 25.8. The molecule has 1 atom stereocenters. The molecule has 0 aromatic heterocycles. The summed E-state index contributed by atoms with van der Waals surface area (Å²) in [6.07, 6.45) is -2.48. The molecular formula is C21H24N4O9S. The van der Waals surface area contributed by atoms with Gasteiger partial charge in [-0.3, -0.25) is 10.1 Å². The van der Waals surface area contributed by atoms with Crippen LogP contribution in [0.2, 0.25) is 0 Å². The minimum Gasteiger partial charge on any atom is -0.496 e. The van der Waals surface area contributed by atoms with E-state index < -0.39 is 43.8 Å². The first-order valence-corrected chi connectivity index (χ1v) is 11.9. The van der Waals surface area contributed by atoms with Crippen LogP contribution in [0, 0.1) is 10.1 Å². The average molecular weight is 509 g/mol. The van der Waals surface area contributed by atoms with Crippen molar-refractivity contribution in [2.75, 3.05) is 33.3 Å². The summed E-state index contributed by atoms with van der Waals surface area (Å²) in [5.41, 5.74) is -0.241. The number of carbonyl (C=O) groups is 2. The van der Waals surface area contributed by atoms with Crippen molar-refractivity contribution in [1.82, 2.24) is 14.5 Å². The molecule has 0 unspecified atom stereocenters. The standard InChI is InChI=1S/C21H24N4O9S/c1-34-17-7-3-2-5-15(17)16-6-4-8-18(19(16)25(30)31)35(32,33)22-10-9-14-13-23(20(26)27)11-12-24(14)21(28)29/h2-8,14,22H,9-13H2,1H3,(H,26,27)(H,28,29)/t14-/m1/s1. The lowest BCUT2D eigenvalue weighted by molar-refractivity contribution is -0.387. The van der Waals surface area contributed by atoms with Gasteiger partial charge in [-0.05, 0) is 24.6 Å². The molecule has 188 valence electrons. The number of methoxy groups -OCH3 is 1. The highest BCUT2D eigenvalue weighted by molar-refractivity contribution is 7.89. The van der Waals surface area contributed by atoms with Crippen molar-refractivity contribution in [2.45, 2.75) is 17.4 Å². The molecule has 0 saturated carbocycles. The van der Waals surface area contributed by atoms with Crippen LogP contribution in [0.25, 0.3) is 11.1 Å². The Hall–Kier alpha value is -3.91. The SMILES string of the molecule is COc1ccccc1-c1cccc(S(=O)(=O)NCC[C@@H]2CN(C(=O)O)CCN2C(=O)O)c1[N+](=O)[O-]. The number of ether oxygens (including phenoxy) is 1. The Kier molecular flexibility index (Phi) is 7.76. The third kappa shape index (κ3) is 5.60. The Morgan fingerprint density at radius 2 is 1.80 bits per heavy atom. The Balaban J connectivity index is 1.86. The van der Waals surface area contributed by atoms with Crippen molar-refractivity contribution >= 4 is 27.9 Å². The second kappa shape index (κ2) is 10.6. The number of para-hydroxylation sites is 2. The van der Waals surface area contributed by atoms with Crippen molar-refractivity contribution in [3.8, 4) is 16.9 Å². The van der Waals surface area contributed by atoms with Crippen molar-refractivity contribution in [1.29, 1.82) is 0 Å². The number of carboxylic acid groups (broad SMARTS) is 2. The van der Waals surface area contributed by atoms with Crippen LogP contribution in [-0.4, -0.2) is 84.9 Å². The van der Waals surface area contributed by atoms with Gasteiger partial charge in [0.25, 0.3) is 5.69 Å². The van der Waals surface area contributed by atoms with E-state index in [4.69, 9.17) is 4.74 Å². The van der Waals surface area contributed by atoms with Crippen LogP contribution < -0.4 is 9.46 Å². The lowest BCUT2D eigenvalue weighted by atomic mass is 10.0. The number of hydrogen-bond acceptors (Lipinski definition) is 7. The van der Waals surface area contributed by atoms with Gasteiger partial charge in [-0.25, -0.2) is 22.7 Å². The fourth-order valence-electron chi connectivity index (χ4n) is 3.98. The molecule has 1 saturated heterocycles. The number of nitrogens with zero attached hydrogens (tertiary/aromatic N) is 3. The van der Waals surface area contributed by atoms with Gasteiger partial charge in [-0.1, -0.05) is 24.3 Å². The molecule has 13 nitrogen and oxygen atoms in total. The molecule has 1 fully saturated rings. The van der Waals surface area contributed by atoms with Crippen LogP contribution >= 0.6 is 0 Å². The molecule has 2 aromatic rings.